The maximum atomic E-state index is 13.7. The Morgan fingerprint density at radius 1 is 1.19 bits per heavy atom. The van der Waals surface area contributed by atoms with Crippen LogP contribution < -0.4 is 19.6 Å². The van der Waals surface area contributed by atoms with Gasteiger partial charge in [0.1, 0.15) is 12.4 Å². The van der Waals surface area contributed by atoms with Crippen molar-refractivity contribution in [3.63, 3.8) is 0 Å². The molecule has 0 N–H and O–H groups in total. The molecule has 1 aliphatic heterocycles. The molecule has 0 bridgehead atoms. The maximum absolute atomic E-state index is 13.7. The molecule has 1 aliphatic rings. The van der Waals surface area contributed by atoms with Gasteiger partial charge in [-0.1, -0.05) is 78.7 Å². The fraction of sp³-hybridized carbons (Fsp3) is 0.250. The van der Waals surface area contributed by atoms with Crippen LogP contribution >= 0.6 is 34.5 Å². The molecule has 2 heterocycles. The van der Waals surface area contributed by atoms with Crippen molar-refractivity contribution in [1.29, 1.82) is 0 Å². The lowest BCUT2D eigenvalue weighted by molar-refractivity contribution is -0.138. The number of hydrogen-bond acceptors (Lipinski definition) is 6. The van der Waals surface area contributed by atoms with Crippen molar-refractivity contribution >= 4 is 46.6 Å². The van der Waals surface area contributed by atoms with Crippen LogP contribution in [0.1, 0.15) is 43.9 Å². The normalized spacial score (nSPS) is 15.2. The number of allylic oxidation sites excluding steroid dienone is 1. The minimum atomic E-state index is -0.714. The third kappa shape index (κ3) is 5.90. The zero-order valence-corrected chi connectivity index (χ0v) is 22.8. The molecule has 0 radical (unpaired) electrons. The van der Waals surface area contributed by atoms with Crippen molar-refractivity contribution in [2.45, 2.75) is 32.7 Å². The number of thiazole rings is 1. The molecule has 6 nitrogen and oxygen atoms in total. The molecule has 1 unspecified atom stereocenters. The van der Waals surface area contributed by atoms with E-state index in [1.165, 1.54) is 17.4 Å². The zero-order chi connectivity index (χ0) is 26.5. The van der Waals surface area contributed by atoms with Crippen LogP contribution in [-0.2, 0) is 9.53 Å². The summed E-state index contributed by atoms with van der Waals surface area (Å²) in [6.45, 7) is 8.14. The van der Waals surface area contributed by atoms with E-state index in [1.807, 2.05) is 24.3 Å². The largest absolute Gasteiger partial charge is 0.494 e. The summed E-state index contributed by atoms with van der Waals surface area (Å²) in [5.41, 5.74) is 1.99. The SMILES string of the molecule is C=CCOC(=O)C1=C(C)N=c2s/c(=C\c3ccc(Cl)c(Cl)c3)c(=O)n2C1c1ccc(OCCCC)cc1. The summed E-state index contributed by atoms with van der Waals surface area (Å²) in [6, 6.07) is 11.9. The topological polar surface area (TPSA) is 69.9 Å². The Kier molecular flexibility index (Phi) is 8.69. The summed E-state index contributed by atoms with van der Waals surface area (Å²) in [7, 11) is 0. The number of unbranched alkanes of at least 4 members (excludes halogenated alkanes) is 1. The number of carbonyl (C=O) groups excluding carboxylic acids is 1. The maximum Gasteiger partial charge on any atom is 0.338 e. The van der Waals surface area contributed by atoms with Crippen LogP contribution in [-0.4, -0.2) is 23.8 Å². The van der Waals surface area contributed by atoms with E-state index in [0.717, 1.165) is 29.7 Å². The van der Waals surface area contributed by atoms with E-state index in [1.54, 1.807) is 35.8 Å². The van der Waals surface area contributed by atoms with Gasteiger partial charge in [-0.3, -0.25) is 9.36 Å². The first-order valence-corrected chi connectivity index (χ1v) is 13.4. The summed E-state index contributed by atoms with van der Waals surface area (Å²) >= 11 is 13.4. The molecule has 0 spiro atoms. The average molecular weight is 557 g/mol. The molecule has 2 aromatic carbocycles. The van der Waals surface area contributed by atoms with E-state index in [0.29, 0.717) is 37.3 Å². The average Bonchev–Trinajstić information content (AvgIpc) is 3.18. The molecular formula is C28H26Cl2N2O4S. The first kappa shape index (κ1) is 26.9. The standard InChI is InChI=1S/C28H26Cl2N2O4S/c1-4-6-14-35-20-10-8-19(9-11-20)25-24(27(34)36-13-5-2)17(3)31-28-32(25)26(33)23(37-28)16-18-7-12-21(29)22(30)15-18/h5,7-12,15-16,25H,2,4,6,13-14H2,1,3H3/b23-16-. The number of ether oxygens (including phenoxy) is 2. The molecule has 3 aromatic rings. The Balaban J connectivity index is 1.84. The minimum Gasteiger partial charge on any atom is -0.494 e. The number of fused-ring (bicyclic) bond motifs is 1. The Labute approximate surface area is 228 Å². The number of aromatic nitrogens is 1. The number of nitrogens with zero attached hydrogens (tertiary/aromatic N) is 2. The molecule has 1 atom stereocenters. The monoisotopic (exact) mass is 556 g/mol. The first-order chi connectivity index (χ1) is 17.8. The van der Waals surface area contributed by atoms with E-state index in [4.69, 9.17) is 32.7 Å². The van der Waals surface area contributed by atoms with Gasteiger partial charge in [0.2, 0.25) is 0 Å². The van der Waals surface area contributed by atoms with Crippen molar-refractivity contribution in [2.75, 3.05) is 13.2 Å². The number of benzene rings is 2. The van der Waals surface area contributed by atoms with Gasteiger partial charge < -0.3 is 9.47 Å². The van der Waals surface area contributed by atoms with Gasteiger partial charge in [-0.15, -0.1) is 0 Å². The Morgan fingerprint density at radius 2 is 1.95 bits per heavy atom. The van der Waals surface area contributed by atoms with E-state index < -0.39 is 12.0 Å². The van der Waals surface area contributed by atoms with Crippen molar-refractivity contribution in [3.8, 4) is 5.75 Å². The van der Waals surface area contributed by atoms with Gasteiger partial charge in [-0.2, -0.15) is 0 Å². The third-order valence-corrected chi connectivity index (χ3v) is 7.50. The predicted molar refractivity (Wildman–Crippen MR) is 148 cm³/mol. The lowest BCUT2D eigenvalue weighted by Crippen LogP contribution is -2.39. The Bertz CT molecular complexity index is 1540. The molecule has 1 aromatic heterocycles. The van der Waals surface area contributed by atoms with Gasteiger partial charge >= 0.3 is 5.97 Å². The molecule has 0 saturated heterocycles. The van der Waals surface area contributed by atoms with Crippen LogP contribution in [0.5, 0.6) is 5.75 Å². The van der Waals surface area contributed by atoms with Crippen LogP contribution in [0.3, 0.4) is 0 Å². The molecule has 0 amide bonds. The number of halogens is 2. The Morgan fingerprint density at radius 3 is 2.62 bits per heavy atom. The van der Waals surface area contributed by atoms with E-state index >= 15 is 0 Å². The van der Waals surface area contributed by atoms with Crippen molar-refractivity contribution in [2.24, 2.45) is 4.99 Å². The van der Waals surface area contributed by atoms with Gasteiger partial charge in [0.15, 0.2) is 4.80 Å². The van der Waals surface area contributed by atoms with Gasteiger partial charge in [0.05, 0.1) is 38.5 Å². The van der Waals surface area contributed by atoms with Gasteiger partial charge in [0.25, 0.3) is 5.56 Å². The highest BCUT2D eigenvalue weighted by Crippen LogP contribution is 2.32. The van der Waals surface area contributed by atoms with Gasteiger partial charge in [-0.05, 0) is 54.8 Å². The highest BCUT2D eigenvalue weighted by Gasteiger charge is 2.33. The molecule has 0 saturated carbocycles. The third-order valence-electron chi connectivity index (χ3n) is 5.78. The van der Waals surface area contributed by atoms with Gasteiger partial charge in [-0.25, -0.2) is 9.79 Å². The van der Waals surface area contributed by atoms with Crippen molar-refractivity contribution in [3.05, 3.63) is 107 Å². The molecule has 9 heteroatoms. The second-order valence-electron chi connectivity index (χ2n) is 8.41. The summed E-state index contributed by atoms with van der Waals surface area (Å²) in [6.07, 6.45) is 5.23. The van der Waals surface area contributed by atoms with Gasteiger partial charge in [0, 0.05) is 0 Å². The zero-order valence-electron chi connectivity index (χ0n) is 20.5. The number of carbonyl (C=O) groups is 1. The molecule has 192 valence electrons. The second kappa shape index (κ2) is 11.9. The van der Waals surface area contributed by atoms with Crippen LogP contribution in [0, 0.1) is 0 Å². The first-order valence-electron chi connectivity index (χ1n) is 11.8. The molecular weight excluding hydrogens is 531 g/mol. The summed E-state index contributed by atoms with van der Waals surface area (Å²) in [5.74, 6) is 0.175. The number of hydrogen-bond donors (Lipinski definition) is 0. The molecule has 37 heavy (non-hydrogen) atoms. The fourth-order valence-electron chi connectivity index (χ4n) is 3.94. The van der Waals surface area contributed by atoms with Crippen LogP contribution in [0.2, 0.25) is 10.0 Å². The predicted octanol–water partition coefficient (Wildman–Crippen LogP) is 5.45. The number of esters is 1. The summed E-state index contributed by atoms with van der Waals surface area (Å²) in [5, 5.41) is 0.825. The van der Waals surface area contributed by atoms with E-state index in [2.05, 4.69) is 18.5 Å². The van der Waals surface area contributed by atoms with Crippen molar-refractivity contribution in [1.82, 2.24) is 4.57 Å². The molecule has 0 fully saturated rings. The number of rotatable bonds is 9. The second-order valence-corrected chi connectivity index (χ2v) is 10.2. The smallest absolute Gasteiger partial charge is 0.338 e. The molecule has 0 aliphatic carbocycles. The fourth-order valence-corrected chi connectivity index (χ4v) is 5.30. The Hall–Kier alpha value is -3.13. The lowest BCUT2D eigenvalue weighted by Gasteiger charge is -2.24. The summed E-state index contributed by atoms with van der Waals surface area (Å²) < 4.78 is 13.2. The van der Waals surface area contributed by atoms with E-state index in [-0.39, 0.29) is 12.2 Å². The van der Waals surface area contributed by atoms with Crippen molar-refractivity contribution < 1.29 is 14.3 Å². The molecule has 4 rings (SSSR count). The summed E-state index contributed by atoms with van der Waals surface area (Å²) in [4.78, 5) is 31.9. The minimum absolute atomic E-state index is 0.0499. The highest BCUT2D eigenvalue weighted by molar-refractivity contribution is 7.07. The van der Waals surface area contributed by atoms with E-state index in [9.17, 15) is 9.59 Å². The van der Waals surface area contributed by atoms with Crippen LogP contribution in [0.25, 0.3) is 6.08 Å². The quantitative estimate of drug-likeness (QED) is 0.199. The lowest BCUT2D eigenvalue weighted by atomic mass is 9.96. The van der Waals surface area contributed by atoms with Crippen LogP contribution in [0.15, 0.2) is 76.2 Å². The highest BCUT2D eigenvalue weighted by atomic mass is 35.5. The van der Waals surface area contributed by atoms with Crippen LogP contribution in [0.4, 0.5) is 0 Å².